The Morgan fingerprint density at radius 1 is 1.03 bits per heavy atom. The van der Waals surface area contributed by atoms with Crippen LogP contribution in [0.4, 0.5) is 0 Å². The van der Waals surface area contributed by atoms with E-state index in [9.17, 15) is 8.42 Å². The van der Waals surface area contributed by atoms with Gasteiger partial charge in [-0.1, -0.05) is 30.0 Å². The normalized spacial score (nSPS) is 15.1. The second kappa shape index (κ2) is 10.0. The van der Waals surface area contributed by atoms with Crippen LogP contribution in [0.15, 0.2) is 58.6 Å². The Balaban J connectivity index is 1.34. The number of ether oxygens (including phenoxy) is 2. The van der Waals surface area contributed by atoms with Gasteiger partial charge in [0.2, 0.25) is 10.0 Å². The summed E-state index contributed by atoms with van der Waals surface area (Å²) in [5, 5.41) is 9.34. The molecule has 0 N–H and O–H groups in total. The quantitative estimate of drug-likeness (QED) is 0.366. The third-order valence-electron chi connectivity index (χ3n) is 5.17. The van der Waals surface area contributed by atoms with Crippen molar-refractivity contribution in [3.8, 4) is 11.4 Å². The summed E-state index contributed by atoms with van der Waals surface area (Å²) in [6.45, 7) is 6.07. The van der Waals surface area contributed by atoms with Gasteiger partial charge in [0, 0.05) is 18.8 Å². The summed E-state index contributed by atoms with van der Waals surface area (Å²) in [5.74, 6) is 2.14. The highest BCUT2D eigenvalue weighted by Gasteiger charge is 2.26. The van der Waals surface area contributed by atoms with Crippen LogP contribution in [0.3, 0.4) is 0 Å². The van der Waals surface area contributed by atoms with E-state index in [-0.39, 0.29) is 4.90 Å². The predicted molar refractivity (Wildman–Crippen MR) is 123 cm³/mol. The van der Waals surface area contributed by atoms with Crippen LogP contribution in [-0.4, -0.2) is 66.2 Å². The number of hydrogen-bond acceptors (Lipinski definition) is 7. The highest BCUT2D eigenvalue weighted by atomic mass is 32.2. The van der Waals surface area contributed by atoms with Gasteiger partial charge in [-0.2, -0.15) is 4.31 Å². The predicted octanol–water partition coefficient (Wildman–Crippen LogP) is 3.08. The first-order chi connectivity index (χ1) is 15.5. The van der Waals surface area contributed by atoms with Crippen LogP contribution in [0, 0.1) is 13.8 Å². The number of thioether (sulfide) groups is 1. The molecule has 2 aromatic carbocycles. The number of sulfonamides is 1. The lowest BCUT2D eigenvalue weighted by molar-refractivity contribution is 0.0730. The highest BCUT2D eigenvalue weighted by molar-refractivity contribution is 7.99. The van der Waals surface area contributed by atoms with Gasteiger partial charge in [0.1, 0.15) is 11.6 Å². The van der Waals surface area contributed by atoms with Gasteiger partial charge in [0.15, 0.2) is 5.16 Å². The zero-order valence-corrected chi connectivity index (χ0v) is 19.7. The minimum absolute atomic E-state index is 0.267. The molecule has 32 heavy (non-hydrogen) atoms. The van der Waals surface area contributed by atoms with Crippen LogP contribution >= 0.6 is 11.8 Å². The second-order valence-electron chi connectivity index (χ2n) is 7.34. The molecule has 8 nitrogen and oxygen atoms in total. The zero-order valence-electron chi connectivity index (χ0n) is 18.1. The SMILES string of the molecule is Cc1ccccc1-n1c(C)nnc1SCCOc1ccc(S(=O)(=O)N2CCOCC2)cc1. The Morgan fingerprint density at radius 2 is 1.75 bits per heavy atom. The number of nitrogens with zero attached hydrogens (tertiary/aromatic N) is 4. The summed E-state index contributed by atoms with van der Waals surface area (Å²) < 4.78 is 40.0. The van der Waals surface area contributed by atoms with Crippen LogP contribution in [-0.2, 0) is 14.8 Å². The van der Waals surface area contributed by atoms with E-state index in [0.717, 1.165) is 22.2 Å². The number of para-hydroxylation sites is 1. The molecule has 4 rings (SSSR count). The second-order valence-corrected chi connectivity index (χ2v) is 10.3. The number of aryl methyl sites for hydroxylation is 2. The Kier molecular flexibility index (Phi) is 7.14. The first kappa shape index (κ1) is 22.8. The molecule has 0 amide bonds. The molecule has 1 fully saturated rings. The lowest BCUT2D eigenvalue weighted by Gasteiger charge is -2.26. The van der Waals surface area contributed by atoms with E-state index in [1.807, 2.05) is 23.6 Å². The molecule has 1 saturated heterocycles. The minimum atomic E-state index is -3.50. The molecule has 1 aliphatic heterocycles. The average molecular weight is 475 g/mol. The summed E-state index contributed by atoms with van der Waals surface area (Å²) in [5.41, 5.74) is 2.22. The molecule has 1 aliphatic rings. The van der Waals surface area contributed by atoms with Crippen molar-refractivity contribution in [2.75, 3.05) is 38.7 Å². The van der Waals surface area contributed by atoms with Gasteiger partial charge < -0.3 is 9.47 Å². The zero-order chi connectivity index (χ0) is 22.6. The fraction of sp³-hybridized carbons (Fsp3) is 0.364. The van der Waals surface area contributed by atoms with E-state index in [4.69, 9.17) is 9.47 Å². The highest BCUT2D eigenvalue weighted by Crippen LogP contribution is 2.24. The van der Waals surface area contributed by atoms with Crippen molar-refractivity contribution < 1.29 is 17.9 Å². The minimum Gasteiger partial charge on any atom is -0.493 e. The van der Waals surface area contributed by atoms with E-state index in [0.29, 0.717) is 44.4 Å². The van der Waals surface area contributed by atoms with Crippen LogP contribution in [0.5, 0.6) is 5.75 Å². The average Bonchev–Trinajstić information content (AvgIpc) is 3.18. The molecule has 0 aliphatic carbocycles. The summed E-state index contributed by atoms with van der Waals surface area (Å²) in [6.07, 6.45) is 0. The van der Waals surface area contributed by atoms with E-state index in [2.05, 4.69) is 29.3 Å². The molecule has 3 aromatic rings. The lowest BCUT2D eigenvalue weighted by atomic mass is 10.2. The molecule has 0 atom stereocenters. The van der Waals surface area contributed by atoms with Crippen molar-refractivity contribution in [1.82, 2.24) is 19.1 Å². The monoisotopic (exact) mass is 474 g/mol. The number of benzene rings is 2. The van der Waals surface area contributed by atoms with E-state index < -0.39 is 10.0 Å². The van der Waals surface area contributed by atoms with Gasteiger partial charge in [-0.25, -0.2) is 8.42 Å². The molecule has 10 heteroatoms. The topological polar surface area (TPSA) is 86.5 Å². The van der Waals surface area contributed by atoms with E-state index in [1.54, 1.807) is 36.0 Å². The van der Waals surface area contributed by atoms with Crippen LogP contribution in [0.2, 0.25) is 0 Å². The van der Waals surface area contributed by atoms with Gasteiger partial charge in [0.25, 0.3) is 0 Å². The Morgan fingerprint density at radius 3 is 2.47 bits per heavy atom. The number of aromatic nitrogens is 3. The Labute approximate surface area is 192 Å². The molecule has 0 bridgehead atoms. The Bertz CT molecular complexity index is 1160. The molecule has 1 aromatic heterocycles. The van der Waals surface area contributed by atoms with Gasteiger partial charge in [-0.3, -0.25) is 4.57 Å². The van der Waals surface area contributed by atoms with Crippen LogP contribution in [0.25, 0.3) is 5.69 Å². The summed E-state index contributed by atoms with van der Waals surface area (Å²) in [6, 6.07) is 14.7. The number of morpholine rings is 1. The lowest BCUT2D eigenvalue weighted by Crippen LogP contribution is -2.40. The van der Waals surface area contributed by atoms with Crippen molar-refractivity contribution in [1.29, 1.82) is 0 Å². The van der Waals surface area contributed by atoms with Crippen LogP contribution < -0.4 is 4.74 Å². The molecule has 170 valence electrons. The first-order valence-electron chi connectivity index (χ1n) is 10.4. The summed E-state index contributed by atoms with van der Waals surface area (Å²) >= 11 is 1.57. The molecule has 0 unspecified atom stereocenters. The molecule has 0 spiro atoms. The fourth-order valence-corrected chi connectivity index (χ4v) is 5.68. The maximum Gasteiger partial charge on any atom is 0.243 e. The fourth-order valence-electron chi connectivity index (χ4n) is 3.46. The van der Waals surface area contributed by atoms with Crippen molar-refractivity contribution in [2.45, 2.75) is 23.9 Å². The number of hydrogen-bond donors (Lipinski definition) is 0. The maximum atomic E-state index is 12.7. The largest absolute Gasteiger partial charge is 0.493 e. The van der Waals surface area contributed by atoms with E-state index >= 15 is 0 Å². The van der Waals surface area contributed by atoms with Crippen molar-refractivity contribution in [2.24, 2.45) is 0 Å². The third kappa shape index (κ3) is 4.98. The van der Waals surface area contributed by atoms with Gasteiger partial charge in [-0.05, 0) is 49.7 Å². The first-order valence-corrected chi connectivity index (χ1v) is 12.8. The van der Waals surface area contributed by atoms with Gasteiger partial charge in [0.05, 0.1) is 30.4 Å². The molecule has 0 radical (unpaired) electrons. The summed E-state index contributed by atoms with van der Waals surface area (Å²) in [4.78, 5) is 0.267. The molecular weight excluding hydrogens is 448 g/mol. The maximum absolute atomic E-state index is 12.7. The van der Waals surface area contributed by atoms with Crippen molar-refractivity contribution >= 4 is 21.8 Å². The number of rotatable bonds is 8. The molecular formula is C22H26N4O4S2. The smallest absolute Gasteiger partial charge is 0.243 e. The molecule has 0 saturated carbocycles. The van der Waals surface area contributed by atoms with E-state index in [1.165, 1.54) is 4.31 Å². The van der Waals surface area contributed by atoms with Gasteiger partial charge >= 0.3 is 0 Å². The standard InChI is InChI=1S/C22H26N4O4S2/c1-17-5-3-4-6-21(17)26-18(2)23-24-22(26)31-16-15-30-19-7-9-20(10-8-19)32(27,28)25-11-13-29-14-12-25/h3-10H,11-16H2,1-2H3. The Hall–Kier alpha value is -2.40. The van der Waals surface area contributed by atoms with Gasteiger partial charge in [-0.15, -0.1) is 10.2 Å². The summed E-state index contributed by atoms with van der Waals surface area (Å²) in [7, 11) is -3.50. The van der Waals surface area contributed by atoms with Crippen molar-refractivity contribution in [3.63, 3.8) is 0 Å². The third-order valence-corrected chi connectivity index (χ3v) is 7.97. The molecule has 2 heterocycles. The van der Waals surface area contributed by atoms with Crippen molar-refractivity contribution in [3.05, 3.63) is 59.9 Å². The van der Waals surface area contributed by atoms with Crippen LogP contribution in [0.1, 0.15) is 11.4 Å².